The number of hydrogen-bond donors (Lipinski definition) is 0. The third-order valence-corrected chi connectivity index (χ3v) is 3.21. The zero-order valence-electron chi connectivity index (χ0n) is 12.4. The number of hydrogen-bond acceptors (Lipinski definition) is 1. The summed E-state index contributed by atoms with van der Waals surface area (Å²) in [5.74, 6) is 0. The molecule has 1 aromatic carbocycles. The SMILES string of the molecule is C/C=C\c1c(/C=N\C)n(C(C)(C)C)c2ccccc12. The average molecular weight is 254 g/mol. The molecule has 19 heavy (non-hydrogen) atoms. The Bertz CT molecular complexity index is 637. The predicted molar refractivity (Wildman–Crippen MR) is 85.2 cm³/mol. The van der Waals surface area contributed by atoms with E-state index in [-0.39, 0.29) is 5.54 Å². The Balaban J connectivity index is 2.95. The van der Waals surface area contributed by atoms with E-state index in [0.717, 1.165) is 0 Å². The van der Waals surface area contributed by atoms with Crippen molar-refractivity contribution in [2.45, 2.75) is 33.2 Å². The zero-order chi connectivity index (χ0) is 14.0. The molecule has 0 saturated carbocycles. The summed E-state index contributed by atoms with van der Waals surface area (Å²) in [6.07, 6.45) is 6.21. The van der Waals surface area contributed by atoms with Crippen molar-refractivity contribution < 1.29 is 0 Å². The van der Waals surface area contributed by atoms with E-state index in [4.69, 9.17) is 0 Å². The van der Waals surface area contributed by atoms with Gasteiger partial charge in [-0.2, -0.15) is 0 Å². The summed E-state index contributed by atoms with van der Waals surface area (Å²) < 4.78 is 2.37. The number of allylic oxidation sites excluding steroid dienone is 1. The zero-order valence-corrected chi connectivity index (χ0v) is 12.4. The maximum atomic E-state index is 4.24. The van der Waals surface area contributed by atoms with Crippen molar-refractivity contribution >= 4 is 23.2 Å². The van der Waals surface area contributed by atoms with Gasteiger partial charge in [0, 0.05) is 35.3 Å². The lowest BCUT2D eigenvalue weighted by Gasteiger charge is -2.25. The fourth-order valence-corrected chi connectivity index (χ4v) is 2.60. The van der Waals surface area contributed by atoms with E-state index in [1.165, 1.54) is 22.2 Å². The maximum absolute atomic E-state index is 4.24. The fourth-order valence-electron chi connectivity index (χ4n) is 2.60. The highest BCUT2D eigenvalue weighted by atomic mass is 15.1. The van der Waals surface area contributed by atoms with Crippen molar-refractivity contribution in [3.05, 3.63) is 41.6 Å². The van der Waals surface area contributed by atoms with Crippen LogP contribution in [0.25, 0.3) is 17.0 Å². The topological polar surface area (TPSA) is 17.3 Å². The monoisotopic (exact) mass is 254 g/mol. The van der Waals surface area contributed by atoms with Gasteiger partial charge in [0.05, 0.1) is 5.69 Å². The van der Waals surface area contributed by atoms with Gasteiger partial charge in [-0.25, -0.2) is 0 Å². The summed E-state index contributed by atoms with van der Waals surface area (Å²) >= 11 is 0. The summed E-state index contributed by atoms with van der Waals surface area (Å²) in [6.45, 7) is 8.74. The van der Waals surface area contributed by atoms with Crippen LogP contribution in [0, 0.1) is 0 Å². The standard InChI is InChI=1S/C17H22N2/c1-6-9-13-14-10-7-8-11-15(14)19(17(2,3)4)16(13)12-18-5/h6-12H,1-5H3/b9-6-,18-12-. The molecule has 0 atom stereocenters. The van der Waals surface area contributed by atoms with Crippen LogP contribution < -0.4 is 0 Å². The van der Waals surface area contributed by atoms with E-state index < -0.39 is 0 Å². The summed E-state index contributed by atoms with van der Waals surface area (Å²) in [6, 6.07) is 8.55. The smallest absolute Gasteiger partial charge is 0.0677 e. The van der Waals surface area contributed by atoms with Gasteiger partial charge in [-0.1, -0.05) is 30.4 Å². The number of para-hydroxylation sites is 1. The molecule has 0 unspecified atom stereocenters. The molecule has 0 saturated heterocycles. The predicted octanol–water partition coefficient (Wildman–Crippen LogP) is 4.48. The van der Waals surface area contributed by atoms with Gasteiger partial charge in [0.25, 0.3) is 0 Å². The number of benzene rings is 1. The van der Waals surface area contributed by atoms with Crippen LogP contribution in [0.5, 0.6) is 0 Å². The minimum Gasteiger partial charge on any atom is -0.334 e. The Morgan fingerprint density at radius 1 is 1.16 bits per heavy atom. The molecular formula is C17H22N2. The minimum atomic E-state index is 0.0238. The molecule has 0 aliphatic rings. The Morgan fingerprint density at radius 3 is 2.42 bits per heavy atom. The molecule has 0 radical (unpaired) electrons. The molecule has 1 heterocycles. The molecule has 100 valence electrons. The molecule has 1 aromatic heterocycles. The quantitative estimate of drug-likeness (QED) is 0.703. The van der Waals surface area contributed by atoms with Crippen molar-refractivity contribution in [2.24, 2.45) is 4.99 Å². The van der Waals surface area contributed by atoms with Gasteiger partial charge in [-0.3, -0.25) is 4.99 Å². The Labute approximate surface area is 115 Å². The largest absolute Gasteiger partial charge is 0.334 e. The second kappa shape index (κ2) is 5.04. The summed E-state index contributed by atoms with van der Waals surface area (Å²) in [4.78, 5) is 4.24. The van der Waals surface area contributed by atoms with Crippen molar-refractivity contribution in [3.63, 3.8) is 0 Å². The second-order valence-corrected chi connectivity index (χ2v) is 5.71. The molecular weight excluding hydrogens is 232 g/mol. The Hall–Kier alpha value is -1.83. The summed E-state index contributed by atoms with van der Waals surface area (Å²) in [7, 11) is 1.82. The normalized spacial score (nSPS) is 13.1. The van der Waals surface area contributed by atoms with Crippen molar-refractivity contribution in [1.29, 1.82) is 0 Å². The molecule has 2 aromatic rings. The first kappa shape index (κ1) is 13.6. The lowest BCUT2D eigenvalue weighted by atomic mass is 10.1. The van der Waals surface area contributed by atoms with E-state index >= 15 is 0 Å². The van der Waals surface area contributed by atoms with Crippen LogP contribution in [0.4, 0.5) is 0 Å². The molecule has 2 heteroatoms. The Kier molecular flexibility index (Phi) is 3.61. The second-order valence-electron chi connectivity index (χ2n) is 5.71. The van der Waals surface area contributed by atoms with Gasteiger partial charge in [0.15, 0.2) is 0 Å². The molecule has 0 N–H and O–H groups in total. The van der Waals surface area contributed by atoms with E-state index in [9.17, 15) is 0 Å². The highest BCUT2D eigenvalue weighted by Crippen LogP contribution is 2.31. The van der Waals surface area contributed by atoms with E-state index in [1.54, 1.807) is 0 Å². The van der Waals surface area contributed by atoms with Gasteiger partial charge in [0.1, 0.15) is 0 Å². The molecule has 0 aliphatic carbocycles. The highest BCUT2D eigenvalue weighted by molar-refractivity contribution is 5.99. The molecule has 2 rings (SSSR count). The first-order chi connectivity index (χ1) is 9.00. The van der Waals surface area contributed by atoms with Gasteiger partial charge < -0.3 is 4.57 Å². The molecule has 2 nitrogen and oxygen atoms in total. The number of rotatable bonds is 2. The average Bonchev–Trinajstić information content (AvgIpc) is 2.65. The fraction of sp³-hybridized carbons (Fsp3) is 0.353. The van der Waals surface area contributed by atoms with Crippen LogP contribution in [0.3, 0.4) is 0 Å². The van der Waals surface area contributed by atoms with Crippen LogP contribution in [0.1, 0.15) is 39.0 Å². The molecule has 0 spiro atoms. The maximum Gasteiger partial charge on any atom is 0.0677 e. The highest BCUT2D eigenvalue weighted by Gasteiger charge is 2.22. The molecule has 0 aliphatic heterocycles. The number of nitrogens with zero attached hydrogens (tertiary/aromatic N) is 2. The van der Waals surface area contributed by atoms with Crippen LogP contribution in [0.2, 0.25) is 0 Å². The third-order valence-electron chi connectivity index (χ3n) is 3.21. The van der Waals surface area contributed by atoms with Crippen LogP contribution in [-0.4, -0.2) is 17.8 Å². The third kappa shape index (κ3) is 2.35. The lowest BCUT2D eigenvalue weighted by molar-refractivity contribution is 0.409. The van der Waals surface area contributed by atoms with Gasteiger partial charge in [-0.05, 0) is 33.8 Å². The molecule has 0 amide bonds. The van der Waals surface area contributed by atoms with Gasteiger partial charge in [0.2, 0.25) is 0 Å². The molecule has 0 bridgehead atoms. The van der Waals surface area contributed by atoms with Crippen molar-refractivity contribution in [2.75, 3.05) is 7.05 Å². The van der Waals surface area contributed by atoms with E-state index in [0.29, 0.717) is 0 Å². The van der Waals surface area contributed by atoms with Gasteiger partial charge in [-0.15, -0.1) is 0 Å². The van der Waals surface area contributed by atoms with Gasteiger partial charge >= 0.3 is 0 Å². The van der Waals surface area contributed by atoms with E-state index in [1.807, 2.05) is 13.3 Å². The first-order valence-electron chi connectivity index (χ1n) is 6.69. The Morgan fingerprint density at radius 2 is 1.84 bits per heavy atom. The first-order valence-corrected chi connectivity index (χ1v) is 6.69. The number of aromatic nitrogens is 1. The van der Waals surface area contributed by atoms with Crippen LogP contribution in [-0.2, 0) is 5.54 Å². The lowest BCUT2D eigenvalue weighted by Crippen LogP contribution is -2.23. The van der Waals surface area contributed by atoms with Crippen molar-refractivity contribution in [3.8, 4) is 0 Å². The number of fused-ring (bicyclic) bond motifs is 1. The summed E-state index contributed by atoms with van der Waals surface area (Å²) in [5.41, 5.74) is 3.71. The van der Waals surface area contributed by atoms with Crippen LogP contribution in [0.15, 0.2) is 35.3 Å². The molecule has 0 fully saturated rings. The van der Waals surface area contributed by atoms with Crippen LogP contribution >= 0.6 is 0 Å². The number of aliphatic imine (C=N–C) groups is 1. The minimum absolute atomic E-state index is 0.0238. The van der Waals surface area contributed by atoms with E-state index in [2.05, 4.69) is 73.7 Å². The van der Waals surface area contributed by atoms with Crippen molar-refractivity contribution in [1.82, 2.24) is 4.57 Å². The summed E-state index contributed by atoms with van der Waals surface area (Å²) in [5, 5.41) is 1.28.